The van der Waals surface area contributed by atoms with E-state index in [0.717, 1.165) is 31.3 Å². The number of urea groups is 1. The molecule has 2 unspecified atom stereocenters. The summed E-state index contributed by atoms with van der Waals surface area (Å²) in [6.45, 7) is 3.20. The third kappa shape index (κ3) is 6.86. The summed E-state index contributed by atoms with van der Waals surface area (Å²) in [5.74, 6) is -0.651. The zero-order chi connectivity index (χ0) is 18.2. The summed E-state index contributed by atoms with van der Waals surface area (Å²) in [4.78, 5) is 33.9. The van der Waals surface area contributed by atoms with E-state index in [1.165, 1.54) is 6.92 Å². The quantitative estimate of drug-likeness (QED) is 0.371. The van der Waals surface area contributed by atoms with Gasteiger partial charge in [0.25, 0.3) is 0 Å². The van der Waals surface area contributed by atoms with Crippen molar-refractivity contribution in [2.45, 2.75) is 52.1 Å². The molecule has 0 aliphatic heterocycles. The number of hydrogen-bond acceptors (Lipinski definition) is 4. The van der Waals surface area contributed by atoms with Crippen molar-refractivity contribution in [3.63, 3.8) is 0 Å². The molecule has 1 aliphatic rings. The Morgan fingerprint density at radius 1 is 1.42 bits per heavy atom. The van der Waals surface area contributed by atoms with E-state index >= 15 is 0 Å². The van der Waals surface area contributed by atoms with Crippen LogP contribution >= 0.6 is 15.9 Å². The van der Waals surface area contributed by atoms with E-state index in [0.29, 0.717) is 11.8 Å². The molecule has 3 N–H and O–H groups in total. The number of nitrogens with one attached hydrogen (secondary N) is 1. The molecule has 2 atom stereocenters. The number of imide groups is 1. The fourth-order valence-electron chi connectivity index (χ4n) is 2.69. The third-order valence-corrected chi connectivity index (χ3v) is 4.65. The molecule has 3 amide bonds. The number of rotatable bonds is 8. The number of hydrogen-bond donors (Lipinski definition) is 2. The average Bonchev–Trinajstić information content (AvgIpc) is 2.49. The van der Waals surface area contributed by atoms with Crippen LogP contribution in [0.4, 0.5) is 4.79 Å². The fourth-order valence-corrected chi connectivity index (χ4v) is 3.15. The van der Waals surface area contributed by atoms with Crippen molar-refractivity contribution in [2.75, 3.05) is 5.33 Å². The van der Waals surface area contributed by atoms with Gasteiger partial charge in [0.15, 0.2) is 0 Å². The van der Waals surface area contributed by atoms with Crippen molar-refractivity contribution >= 4 is 33.8 Å². The Bertz CT molecular complexity index is 545. The Kier molecular flexibility index (Phi) is 8.18. The van der Waals surface area contributed by atoms with Crippen molar-refractivity contribution in [1.29, 1.82) is 0 Å². The van der Waals surface area contributed by atoms with Gasteiger partial charge < -0.3 is 10.5 Å². The molecule has 0 aromatic heterocycles. The first-order valence-corrected chi connectivity index (χ1v) is 9.10. The molecule has 7 heteroatoms. The van der Waals surface area contributed by atoms with E-state index in [2.05, 4.69) is 21.2 Å². The number of alkyl halides is 1. The molecule has 0 fully saturated rings. The number of unbranched alkanes of at least 4 members (excludes halogenated alkanes) is 1. The van der Waals surface area contributed by atoms with Gasteiger partial charge in [-0.2, -0.15) is 0 Å². The number of nitrogens with two attached hydrogens (primary N) is 1. The maximum atomic E-state index is 12.1. The SMILES string of the molecule is CC(=O)OC(CBr)CCCCC1=CC=CC(C)(C(=O)NC(N)=O)C1. The van der Waals surface area contributed by atoms with E-state index in [4.69, 9.17) is 10.5 Å². The van der Waals surface area contributed by atoms with Gasteiger partial charge in [-0.1, -0.05) is 39.7 Å². The lowest BCUT2D eigenvalue weighted by Gasteiger charge is -2.28. The Hall–Kier alpha value is -1.63. The number of ether oxygens (including phenoxy) is 1. The Labute approximate surface area is 151 Å². The van der Waals surface area contributed by atoms with E-state index < -0.39 is 11.4 Å². The standard InChI is InChI=1S/C17H25BrN2O4/c1-12(21)24-14(11-18)8-4-3-6-13-7-5-9-17(2,10-13)15(22)20-16(19)23/h5,7,9,14H,3-4,6,8,10-11H2,1-2H3,(H3,19,20,22,23). The lowest BCUT2D eigenvalue weighted by Crippen LogP contribution is -2.44. The highest BCUT2D eigenvalue weighted by molar-refractivity contribution is 9.09. The maximum absolute atomic E-state index is 12.1. The van der Waals surface area contributed by atoms with Gasteiger partial charge >= 0.3 is 12.0 Å². The van der Waals surface area contributed by atoms with Gasteiger partial charge in [-0.15, -0.1) is 0 Å². The molecule has 0 heterocycles. The average molecular weight is 401 g/mol. The van der Waals surface area contributed by atoms with Gasteiger partial charge in [0, 0.05) is 12.3 Å². The number of carbonyl (C=O) groups excluding carboxylic acids is 3. The smallest absolute Gasteiger partial charge is 0.318 e. The Morgan fingerprint density at radius 3 is 2.71 bits per heavy atom. The van der Waals surface area contributed by atoms with Crippen LogP contribution in [-0.2, 0) is 14.3 Å². The van der Waals surface area contributed by atoms with Gasteiger partial charge in [0.05, 0.1) is 5.41 Å². The summed E-state index contributed by atoms with van der Waals surface area (Å²) in [5, 5.41) is 2.78. The molecule has 6 nitrogen and oxygen atoms in total. The number of allylic oxidation sites excluding steroid dienone is 3. The molecule has 0 spiro atoms. The molecule has 1 aliphatic carbocycles. The van der Waals surface area contributed by atoms with Crippen molar-refractivity contribution in [1.82, 2.24) is 5.32 Å². The topological polar surface area (TPSA) is 98.5 Å². The minimum atomic E-state index is -0.836. The number of esters is 1. The van der Waals surface area contributed by atoms with Crippen LogP contribution in [0.3, 0.4) is 0 Å². The van der Waals surface area contributed by atoms with E-state index in [9.17, 15) is 14.4 Å². The lowest BCUT2D eigenvalue weighted by atomic mass is 9.78. The third-order valence-electron chi connectivity index (χ3n) is 3.92. The molecule has 0 radical (unpaired) electrons. The first-order valence-electron chi connectivity index (χ1n) is 7.98. The molecule has 0 aromatic carbocycles. The molecule has 0 saturated heterocycles. The molecule has 24 heavy (non-hydrogen) atoms. The minimum absolute atomic E-state index is 0.102. The highest BCUT2D eigenvalue weighted by Gasteiger charge is 2.33. The second-order valence-electron chi connectivity index (χ2n) is 6.23. The zero-order valence-electron chi connectivity index (χ0n) is 14.1. The molecular weight excluding hydrogens is 376 g/mol. The summed E-state index contributed by atoms with van der Waals surface area (Å²) in [5.41, 5.74) is 5.42. The van der Waals surface area contributed by atoms with Crippen LogP contribution in [0, 0.1) is 5.41 Å². The number of primary amides is 1. The van der Waals surface area contributed by atoms with Crippen LogP contribution in [0.1, 0.15) is 46.0 Å². The maximum Gasteiger partial charge on any atom is 0.318 e. The fraction of sp³-hybridized carbons (Fsp3) is 0.588. The van der Waals surface area contributed by atoms with E-state index in [1.807, 2.05) is 12.2 Å². The highest BCUT2D eigenvalue weighted by atomic mass is 79.9. The largest absolute Gasteiger partial charge is 0.462 e. The normalized spacial score (nSPS) is 20.9. The van der Waals surface area contributed by atoms with E-state index in [-0.39, 0.29) is 18.0 Å². The molecule has 134 valence electrons. The van der Waals surface area contributed by atoms with Crippen LogP contribution in [0.2, 0.25) is 0 Å². The predicted octanol–water partition coefficient (Wildman–Crippen LogP) is 2.96. The van der Waals surface area contributed by atoms with Crippen LogP contribution in [0.15, 0.2) is 23.8 Å². The summed E-state index contributed by atoms with van der Waals surface area (Å²) in [7, 11) is 0. The second-order valence-corrected chi connectivity index (χ2v) is 6.88. The number of carbonyl (C=O) groups is 3. The van der Waals surface area contributed by atoms with Crippen LogP contribution < -0.4 is 11.1 Å². The van der Waals surface area contributed by atoms with Crippen molar-refractivity contribution in [3.05, 3.63) is 23.8 Å². The number of halogens is 1. The minimum Gasteiger partial charge on any atom is -0.462 e. The predicted molar refractivity (Wildman–Crippen MR) is 95.5 cm³/mol. The summed E-state index contributed by atoms with van der Waals surface area (Å²) in [6, 6.07) is -0.836. The molecular formula is C17H25BrN2O4. The zero-order valence-corrected chi connectivity index (χ0v) is 15.7. The number of amides is 3. The Morgan fingerprint density at radius 2 is 2.12 bits per heavy atom. The Balaban J connectivity index is 2.43. The van der Waals surface area contributed by atoms with Gasteiger partial charge in [-0.05, 0) is 39.0 Å². The van der Waals surface area contributed by atoms with Crippen molar-refractivity contribution < 1.29 is 19.1 Å². The first kappa shape index (κ1) is 20.4. The van der Waals surface area contributed by atoms with Crippen LogP contribution in [0.25, 0.3) is 0 Å². The lowest BCUT2D eigenvalue weighted by molar-refractivity contribution is -0.145. The molecule has 0 aromatic rings. The first-order chi connectivity index (χ1) is 11.3. The molecule has 0 saturated carbocycles. The van der Waals surface area contributed by atoms with Crippen LogP contribution in [-0.4, -0.2) is 29.3 Å². The van der Waals surface area contributed by atoms with Crippen molar-refractivity contribution in [2.24, 2.45) is 11.1 Å². The summed E-state index contributed by atoms with van der Waals surface area (Å²) >= 11 is 3.34. The highest BCUT2D eigenvalue weighted by Crippen LogP contribution is 2.33. The monoisotopic (exact) mass is 400 g/mol. The second kappa shape index (κ2) is 9.61. The van der Waals surface area contributed by atoms with Crippen LogP contribution in [0.5, 0.6) is 0 Å². The van der Waals surface area contributed by atoms with Gasteiger partial charge in [-0.3, -0.25) is 14.9 Å². The van der Waals surface area contributed by atoms with Gasteiger partial charge in [-0.25, -0.2) is 4.79 Å². The summed E-state index contributed by atoms with van der Waals surface area (Å²) < 4.78 is 5.18. The van der Waals surface area contributed by atoms with Gasteiger partial charge in [0.1, 0.15) is 6.10 Å². The van der Waals surface area contributed by atoms with E-state index in [1.54, 1.807) is 13.0 Å². The van der Waals surface area contributed by atoms with Crippen molar-refractivity contribution in [3.8, 4) is 0 Å². The summed E-state index contributed by atoms with van der Waals surface area (Å²) in [6.07, 6.45) is 9.63. The molecule has 1 rings (SSSR count). The van der Waals surface area contributed by atoms with Gasteiger partial charge in [0.2, 0.25) is 5.91 Å². The molecule has 0 bridgehead atoms.